The van der Waals surface area contributed by atoms with Crippen molar-refractivity contribution in [3.8, 4) is 0 Å². The summed E-state index contributed by atoms with van der Waals surface area (Å²) in [6.07, 6.45) is 8.34. The predicted molar refractivity (Wildman–Crippen MR) is 82.5 cm³/mol. The Kier molecular flexibility index (Phi) is 3.81. The number of urea groups is 1. The molecule has 5 nitrogen and oxygen atoms in total. The van der Waals surface area contributed by atoms with E-state index < -0.39 is 0 Å². The first-order chi connectivity index (χ1) is 10.7. The minimum absolute atomic E-state index is 0.109. The second kappa shape index (κ2) is 5.68. The summed E-state index contributed by atoms with van der Waals surface area (Å²) in [5.41, 5.74) is 0.236. The molecule has 3 atom stereocenters. The Morgan fingerprint density at radius 1 is 1.23 bits per heavy atom. The Hall–Kier alpha value is -0.810. The summed E-state index contributed by atoms with van der Waals surface area (Å²) in [4.78, 5) is 14.6. The summed E-state index contributed by atoms with van der Waals surface area (Å²) in [6, 6.07) is 0.434. The van der Waals surface area contributed by atoms with E-state index in [1.54, 1.807) is 0 Å². The second-order valence-electron chi connectivity index (χ2n) is 7.72. The van der Waals surface area contributed by atoms with Gasteiger partial charge in [0.1, 0.15) is 0 Å². The van der Waals surface area contributed by atoms with Gasteiger partial charge in [-0.15, -0.1) is 0 Å². The fourth-order valence-corrected chi connectivity index (χ4v) is 5.45. The number of ether oxygens (including phenoxy) is 1. The van der Waals surface area contributed by atoms with E-state index >= 15 is 0 Å². The molecule has 2 N–H and O–H groups in total. The highest BCUT2D eigenvalue weighted by atomic mass is 16.5. The fraction of sp³-hybridized carbons (Fsp3) is 0.941. The van der Waals surface area contributed by atoms with Gasteiger partial charge < -0.3 is 20.1 Å². The molecular weight excluding hydrogens is 280 g/mol. The van der Waals surface area contributed by atoms with Gasteiger partial charge in [0.25, 0.3) is 0 Å². The van der Waals surface area contributed by atoms with Gasteiger partial charge in [0.05, 0.1) is 6.10 Å². The minimum atomic E-state index is 0.109. The summed E-state index contributed by atoms with van der Waals surface area (Å²) in [5.74, 6) is 0.915. The maximum absolute atomic E-state index is 12.6. The smallest absolute Gasteiger partial charge is 0.317 e. The Balaban J connectivity index is 1.39. The molecule has 2 saturated carbocycles. The van der Waals surface area contributed by atoms with E-state index in [9.17, 15) is 9.90 Å². The first-order valence-electron chi connectivity index (χ1n) is 9.02. The molecule has 0 radical (unpaired) electrons. The summed E-state index contributed by atoms with van der Waals surface area (Å²) in [7, 11) is 0. The van der Waals surface area contributed by atoms with Crippen molar-refractivity contribution in [2.24, 2.45) is 17.3 Å². The lowest BCUT2D eigenvalue weighted by Crippen LogP contribution is -2.69. The standard InChI is InChI=1S/C17H28N2O3/c20-11-12-3-8-19(9-4-12)16(21)18-14-13-5-10-22-15(13)17(14)6-1-2-7-17/h12-15,20H,1-11H2,(H,18,21). The number of aliphatic hydroxyl groups excluding tert-OH is 1. The number of hydrogen-bond acceptors (Lipinski definition) is 3. The first-order valence-corrected chi connectivity index (χ1v) is 9.02. The number of carbonyl (C=O) groups is 1. The molecule has 0 aromatic carbocycles. The van der Waals surface area contributed by atoms with E-state index in [1.807, 2.05) is 4.90 Å². The van der Waals surface area contributed by atoms with Crippen LogP contribution < -0.4 is 5.32 Å². The molecule has 0 aromatic heterocycles. The molecule has 4 aliphatic rings. The largest absolute Gasteiger partial charge is 0.396 e. The number of fused-ring (bicyclic) bond motifs is 2. The number of rotatable bonds is 2. The zero-order chi connectivity index (χ0) is 15.2. The van der Waals surface area contributed by atoms with Crippen LogP contribution in [0.2, 0.25) is 0 Å². The van der Waals surface area contributed by atoms with Gasteiger partial charge >= 0.3 is 6.03 Å². The molecule has 1 spiro atoms. The van der Waals surface area contributed by atoms with Crippen molar-refractivity contribution in [1.29, 1.82) is 0 Å². The Bertz CT molecular complexity index is 428. The zero-order valence-electron chi connectivity index (χ0n) is 13.3. The lowest BCUT2D eigenvalue weighted by Gasteiger charge is -2.57. The number of likely N-dealkylation sites (tertiary alicyclic amines) is 1. The molecule has 0 bridgehead atoms. The van der Waals surface area contributed by atoms with Crippen LogP contribution in [0.25, 0.3) is 0 Å². The van der Waals surface area contributed by atoms with E-state index in [1.165, 1.54) is 25.7 Å². The summed E-state index contributed by atoms with van der Waals surface area (Å²) >= 11 is 0. The van der Waals surface area contributed by atoms with Crippen molar-refractivity contribution in [1.82, 2.24) is 10.2 Å². The van der Waals surface area contributed by atoms with Crippen LogP contribution in [0.1, 0.15) is 44.9 Å². The van der Waals surface area contributed by atoms with Gasteiger partial charge in [-0.2, -0.15) is 0 Å². The van der Waals surface area contributed by atoms with Crippen LogP contribution in [-0.2, 0) is 4.74 Å². The van der Waals surface area contributed by atoms with Crippen molar-refractivity contribution < 1.29 is 14.6 Å². The van der Waals surface area contributed by atoms with Gasteiger partial charge in [-0.25, -0.2) is 4.79 Å². The number of nitrogens with zero attached hydrogens (tertiary/aromatic N) is 1. The van der Waals surface area contributed by atoms with E-state index in [2.05, 4.69) is 5.32 Å². The normalized spacial score (nSPS) is 37.1. The number of aliphatic hydroxyl groups is 1. The van der Waals surface area contributed by atoms with Crippen molar-refractivity contribution in [2.75, 3.05) is 26.3 Å². The van der Waals surface area contributed by atoms with Crippen LogP contribution in [0.15, 0.2) is 0 Å². The quantitative estimate of drug-likeness (QED) is 0.817. The molecule has 4 rings (SSSR count). The molecule has 0 aromatic rings. The molecule has 3 unspecified atom stereocenters. The highest BCUT2D eigenvalue weighted by Crippen LogP contribution is 2.60. The van der Waals surface area contributed by atoms with E-state index in [-0.39, 0.29) is 18.1 Å². The molecule has 4 fully saturated rings. The molecule has 22 heavy (non-hydrogen) atoms. The third-order valence-corrected chi connectivity index (χ3v) is 6.73. The van der Waals surface area contributed by atoms with Gasteiger partial charge in [0.2, 0.25) is 0 Å². The van der Waals surface area contributed by atoms with Gasteiger partial charge in [0.15, 0.2) is 0 Å². The van der Waals surface area contributed by atoms with Crippen molar-refractivity contribution in [2.45, 2.75) is 57.1 Å². The molecule has 2 amide bonds. The molecule has 5 heteroatoms. The van der Waals surface area contributed by atoms with Crippen molar-refractivity contribution in [3.05, 3.63) is 0 Å². The highest BCUT2D eigenvalue weighted by Gasteiger charge is 2.65. The Labute approximate surface area is 132 Å². The topological polar surface area (TPSA) is 61.8 Å². The predicted octanol–water partition coefficient (Wildman–Crippen LogP) is 1.75. The minimum Gasteiger partial charge on any atom is -0.396 e. The molecular formula is C17H28N2O3. The van der Waals surface area contributed by atoms with Crippen LogP contribution in [0.4, 0.5) is 4.79 Å². The van der Waals surface area contributed by atoms with Crippen LogP contribution in [-0.4, -0.2) is 54.5 Å². The lowest BCUT2D eigenvalue weighted by molar-refractivity contribution is -0.127. The molecule has 2 heterocycles. The van der Waals surface area contributed by atoms with Crippen LogP contribution in [0.3, 0.4) is 0 Å². The SMILES string of the molecule is O=C(NC1C2CCOC2C12CCCC2)N1CCC(CO)CC1. The molecule has 2 saturated heterocycles. The lowest BCUT2D eigenvalue weighted by atomic mass is 9.54. The average Bonchev–Trinajstić information content (AvgIpc) is 3.21. The third kappa shape index (κ3) is 2.16. The maximum Gasteiger partial charge on any atom is 0.317 e. The zero-order valence-corrected chi connectivity index (χ0v) is 13.3. The van der Waals surface area contributed by atoms with E-state index in [0.717, 1.165) is 39.0 Å². The van der Waals surface area contributed by atoms with E-state index in [0.29, 0.717) is 24.0 Å². The van der Waals surface area contributed by atoms with Crippen molar-refractivity contribution >= 4 is 6.03 Å². The number of carbonyl (C=O) groups excluding carboxylic acids is 1. The number of hydrogen-bond donors (Lipinski definition) is 2. The summed E-state index contributed by atoms with van der Waals surface area (Å²) in [5, 5.41) is 12.6. The number of nitrogens with one attached hydrogen (secondary N) is 1. The van der Waals surface area contributed by atoms with Gasteiger partial charge in [-0.1, -0.05) is 12.8 Å². The highest BCUT2D eigenvalue weighted by molar-refractivity contribution is 5.75. The monoisotopic (exact) mass is 308 g/mol. The van der Waals surface area contributed by atoms with Crippen LogP contribution >= 0.6 is 0 Å². The third-order valence-electron chi connectivity index (χ3n) is 6.73. The van der Waals surface area contributed by atoms with E-state index in [4.69, 9.17) is 4.74 Å². The number of amides is 2. The molecule has 2 aliphatic carbocycles. The molecule has 124 valence electrons. The fourth-order valence-electron chi connectivity index (χ4n) is 5.45. The van der Waals surface area contributed by atoms with Crippen LogP contribution in [0.5, 0.6) is 0 Å². The van der Waals surface area contributed by atoms with Crippen LogP contribution in [0, 0.1) is 17.3 Å². The number of piperidine rings is 1. The van der Waals surface area contributed by atoms with Gasteiger partial charge in [0, 0.05) is 43.7 Å². The maximum atomic E-state index is 12.6. The summed E-state index contributed by atoms with van der Waals surface area (Å²) < 4.78 is 5.98. The first kappa shape index (κ1) is 14.8. The van der Waals surface area contributed by atoms with Crippen molar-refractivity contribution in [3.63, 3.8) is 0 Å². The van der Waals surface area contributed by atoms with Gasteiger partial charge in [-0.3, -0.25) is 0 Å². The average molecular weight is 308 g/mol. The second-order valence-corrected chi connectivity index (χ2v) is 7.72. The summed E-state index contributed by atoms with van der Waals surface area (Å²) in [6.45, 7) is 2.68. The Morgan fingerprint density at radius 3 is 2.64 bits per heavy atom. The molecule has 2 aliphatic heterocycles. The Morgan fingerprint density at radius 2 is 1.95 bits per heavy atom. The van der Waals surface area contributed by atoms with Gasteiger partial charge in [-0.05, 0) is 38.0 Å².